The van der Waals surface area contributed by atoms with Gasteiger partial charge in [-0.2, -0.15) is 18.3 Å². The van der Waals surface area contributed by atoms with E-state index in [4.69, 9.17) is 5.73 Å². The molecule has 0 saturated carbocycles. The predicted molar refractivity (Wildman–Crippen MR) is 108 cm³/mol. The number of nitrogens with two attached hydrogens (primary N) is 1. The molecule has 0 aliphatic carbocycles. The van der Waals surface area contributed by atoms with Gasteiger partial charge in [0.25, 0.3) is 0 Å². The fourth-order valence-corrected chi connectivity index (χ4v) is 3.67. The largest absolute Gasteiger partial charge is 0.416 e. The molecule has 0 amide bonds. The molecule has 0 saturated heterocycles. The first-order valence-corrected chi connectivity index (χ1v) is 10.1. The summed E-state index contributed by atoms with van der Waals surface area (Å²) >= 11 is 0. The highest BCUT2D eigenvalue weighted by atomic mass is 35.5. The lowest BCUT2D eigenvalue weighted by atomic mass is 10.1. The van der Waals surface area contributed by atoms with Crippen LogP contribution in [0.25, 0.3) is 0 Å². The minimum atomic E-state index is -4.76. The molecule has 2 aromatic rings. The Morgan fingerprint density at radius 3 is 2.47 bits per heavy atom. The maximum Gasteiger partial charge on any atom is 0.416 e. The Balaban J connectivity index is 0.00000450. The Labute approximate surface area is 178 Å². The van der Waals surface area contributed by atoms with Crippen molar-refractivity contribution < 1.29 is 26.0 Å². The first-order chi connectivity index (χ1) is 13.4. The number of nitrogens with one attached hydrogen (secondary N) is 1. The Morgan fingerprint density at radius 2 is 1.93 bits per heavy atom. The number of halogens is 5. The number of rotatable bonds is 7. The van der Waals surface area contributed by atoms with Crippen molar-refractivity contribution in [3.05, 3.63) is 58.2 Å². The monoisotopic (exact) mass is 470 g/mol. The number of alkyl halides is 3. The standard InChI is InChI=1S/C18H22F4N4O2S.ClH/c1-11-16(8-14(19)6-7-23)12(2)26(25-11)10-13-4-5-15(29(27,28)24-3)9-17(13)18(20,21)22;/h4-6,9,24H,7-8,10,23H2,1-3H3;1H. The molecule has 12 heteroatoms. The maximum atomic E-state index is 13.8. The molecule has 0 spiro atoms. The molecule has 168 valence electrons. The van der Waals surface area contributed by atoms with Crippen LogP contribution in [0.5, 0.6) is 0 Å². The zero-order valence-electron chi connectivity index (χ0n) is 16.5. The van der Waals surface area contributed by atoms with Gasteiger partial charge in [0.05, 0.1) is 22.7 Å². The summed E-state index contributed by atoms with van der Waals surface area (Å²) in [4.78, 5) is -0.487. The van der Waals surface area contributed by atoms with Gasteiger partial charge in [0.15, 0.2) is 0 Å². The third kappa shape index (κ3) is 5.81. The van der Waals surface area contributed by atoms with E-state index in [1.165, 1.54) is 10.8 Å². The van der Waals surface area contributed by atoms with E-state index in [0.717, 1.165) is 19.2 Å². The maximum absolute atomic E-state index is 13.8. The van der Waals surface area contributed by atoms with Crippen LogP contribution >= 0.6 is 12.4 Å². The van der Waals surface area contributed by atoms with Gasteiger partial charge in [0.1, 0.15) is 5.83 Å². The average molecular weight is 471 g/mol. The third-order valence-electron chi connectivity index (χ3n) is 4.50. The minimum Gasteiger partial charge on any atom is -0.327 e. The number of nitrogens with zero attached hydrogens (tertiary/aromatic N) is 2. The van der Waals surface area contributed by atoms with E-state index >= 15 is 0 Å². The lowest BCUT2D eigenvalue weighted by molar-refractivity contribution is -0.138. The second kappa shape index (κ2) is 9.90. The van der Waals surface area contributed by atoms with E-state index in [1.807, 2.05) is 4.72 Å². The van der Waals surface area contributed by atoms with Crippen molar-refractivity contribution in [2.45, 2.75) is 37.9 Å². The lowest BCUT2D eigenvalue weighted by Crippen LogP contribution is -2.20. The Morgan fingerprint density at radius 1 is 1.30 bits per heavy atom. The van der Waals surface area contributed by atoms with Gasteiger partial charge in [0.2, 0.25) is 10.0 Å². The molecule has 0 aliphatic rings. The third-order valence-corrected chi connectivity index (χ3v) is 5.91. The van der Waals surface area contributed by atoms with Gasteiger partial charge in [-0.3, -0.25) is 4.68 Å². The summed E-state index contributed by atoms with van der Waals surface area (Å²) in [6.07, 6.45) is -3.59. The number of allylic oxidation sites excluding steroid dienone is 1. The summed E-state index contributed by atoms with van der Waals surface area (Å²) in [6.45, 7) is 3.07. The van der Waals surface area contributed by atoms with Crippen LogP contribution in [0.2, 0.25) is 0 Å². The van der Waals surface area contributed by atoms with E-state index < -0.39 is 32.5 Å². The molecule has 1 aromatic heterocycles. The quantitative estimate of drug-likeness (QED) is 0.608. The summed E-state index contributed by atoms with van der Waals surface area (Å²) in [6, 6.07) is 2.81. The molecule has 1 heterocycles. The number of aryl methyl sites for hydroxylation is 1. The highest BCUT2D eigenvalue weighted by Crippen LogP contribution is 2.34. The van der Waals surface area contributed by atoms with Crippen LogP contribution in [0.4, 0.5) is 17.6 Å². The number of benzene rings is 1. The van der Waals surface area contributed by atoms with Gasteiger partial charge in [-0.15, -0.1) is 12.4 Å². The van der Waals surface area contributed by atoms with Gasteiger partial charge >= 0.3 is 6.18 Å². The van der Waals surface area contributed by atoms with Crippen molar-refractivity contribution in [1.82, 2.24) is 14.5 Å². The van der Waals surface area contributed by atoms with E-state index in [9.17, 15) is 26.0 Å². The number of aromatic nitrogens is 2. The van der Waals surface area contributed by atoms with Gasteiger partial charge in [-0.05, 0) is 44.7 Å². The second-order valence-electron chi connectivity index (χ2n) is 6.39. The lowest BCUT2D eigenvalue weighted by Gasteiger charge is -2.15. The molecule has 2 rings (SSSR count). The molecular weight excluding hydrogens is 448 g/mol. The number of sulfonamides is 1. The smallest absolute Gasteiger partial charge is 0.327 e. The van der Waals surface area contributed by atoms with Gasteiger partial charge < -0.3 is 5.73 Å². The van der Waals surface area contributed by atoms with Gasteiger partial charge in [-0.25, -0.2) is 17.5 Å². The van der Waals surface area contributed by atoms with Crippen LogP contribution in [0.3, 0.4) is 0 Å². The van der Waals surface area contributed by atoms with Crippen molar-refractivity contribution in [3.63, 3.8) is 0 Å². The normalized spacial score (nSPS) is 12.7. The second-order valence-corrected chi connectivity index (χ2v) is 8.28. The van der Waals surface area contributed by atoms with Crippen molar-refractivity contribution >= 4 is 22.4 Å². The van der Waals surface area contributed by atoms with Gasteiger partial charge in [0, 0.05) is 24.2 Å². The molecule has 0 aliphatic heterocycles. The molecule has 1 aromatic carbocycles. The molecular formula is C18H23ClF4N4O2S. The first kappa shape index (κ1) is 26.1. The number of hydrogen-bond acceptors (Lipinski definition) is 4. The van der Waals surface area contributed by atoms with Crippen LogP contribution in [-0.2, 0) is 29.2 Å². The van der Waals surface area contributed by atoms with Crippen molar-refractivity contribution in [3.8, 4) is 0 Å². The van der Waals surface area contributed by atoms with Crippen LogP contribution in [0.1, 0.15) is 28.1 Å². The fourth-order valence-electron chi connectivity index (χ4n) is 2.92. The van der Waals surface area contributed by atoms with Crippen molar-refractivity contribution in [2.24, 2.45) is 5.73 Å². The minimum absolute atomic E-state index is 0. The molecule has 3 N–H and O–H groups in total. The van der Waals surface area contributed by atoms with Crippen molar-refractivity contribution in [1.29, 1.82) is 0 Å². The van der Waals surface area contributed by atoms with E-state index in [1.54, 1.807) is 13.8 Å². The molecule has 0 unspecified atom stereocenters. The Hall–Kier alpha value is -1.95. The molecule has 0 bridgehead atoms. The van der Waals surface area contributed by atoms with Crippen molar-refractivity contribution in [2.75, 3.05) is 13.6 Å². The summed E-state index contributed by atoms with van der Waals surface area (Å²) in [5, 5.41) is 4.22. The Kier molecular flexibility index (Phi) is 8.61. The molecule has 0 atom stereocenters. The van der Waals surface area contributed by atoms with Gasteiger partial charge in [-0.1, -0.05) is 6.07 Å². The Bertz CT molecular complexity index is 1030. The van der Waals surface area contributed by atoms with E-state index in [-0.39, 0.29) is 37.5 Å². The molecule has 30 heavy (non-hydrogen) atoms. The first-order valence-electron chi connectivity index (χ1n) is 8.61. The summed E-state index contributed by atoms with van der Waals surface area (Å²) in [7, 11) is -2.91. The SMILES string of the molecule is CNS(=O)(=O)c1ccc(Cn2nc(C)c(CC(F)=CCN)c2C)c(C(F)(F)F)c1.Cl. The summed E-state index contributed by atoms with van der Waals surface area (Å²) in [5.41, 5.74) is 5.64. The number of hydrogen-bond donors (Lipinski definition) is 2. The van der Waals surface area contributed by atoms with Crippen LogP contribution in [0.15, 0.2) is 35.0 Å². The average Bonchev–Trinajstić information content (AvgIpc) is 2.88. The van der Waals surface area contributed by atoms with E-state index in [2.05, 4.69) is 5.10 Å². The van der Waals surface area contributed by atoms with Crippen LogP contribution in [-0.4, -0.2) is 31.8 Å². The predicted octanol–water partition coefficient (Wildman–Crippen LogP) is 3.25. The summed E-state index contributed by atoms with van der Waals surface area (Å²) in [5.74, 6) is -0.448. The molecule has 0 radical (unpaired) electrons. The molecule has 0 fully saturated rings. The zero-order valence-corrected chi connectivity index (χ0v) is 18.2. The topological polar surface area (TPSA) is 90.0 Å². The molecule has 6 nitrogen and oxygen atoms in total. The van der Waals surface area contributed by atoms with Crippen LogP contribution < -0.4 is 10.5 Å². The highest BCUT2D eigenvalue weighted by molar-refractivity contribution is 7.89. The zero-order chi connectivity index (χ0) is 22.0. The highest BCUT2D eigenvalue weighted by Gasteiger charge is 2.35. The van der Waals surface area contributed by atoms with E-state index in [0.29, 0.717) is 23.0 Å². The summed E-state index contributed by atoms with van der Waals surface area (Å²) < 4.78 is 81.5. The fraction of sp³-hybridized carbons (Fsp3) is 0.389. The van der Waals surface area contributed by atoms with Crippen LogP contribution in [0, 0.1) is 13.8 Å².